The molecule has 0 saturated heterocycles. The third-order valence-corrected chi connectivity index (χ3v) is 5.82. The minimum atomic E-state index is -0.455. The molecule has 0 spiro atoms. The van der Waals surface area contributed by atoms with Crippen molar-refractivity contribution in [1.82, 2.24) is 5.01 Å². The predicted octanol–water partition coefficient (Wildman–Crippen LogP) is 6.24. The van der Waals surface area contributed by atoms with E-state index in [0.29, 0.717) is 15.8 Å². The third kappa shape index (κ3) is 3.13. The van der Waals surface area contributed by atoms with Crippen molar-refractivity contribution in [2.45, 2.75) is 18.7 Å². The number of rotatable bonds is 3. The second-order valence-corrected chi connectivity index (χ2v) is 7.87. The topological polar surface area (TPSA) is 34.1 Å². The summed E-state index contributed by atoms with van der Waals surface area (Å²) in [5.74, 6) is 1.39. The van der Waals surface area contributed by atoms with Crippen LogP contribution < -0.4 is 9.47 Å². The second kappa shape index (κ2) is 7.29. The summed E-state index contributed by atoms with van der Waals surface area (Å²) in [6.07, 6.45) is 0.284. The Morgan fingerprint density at radius 3 is 2.55 bits per heavy atom. The van der Waals surface area contributed by atoms with Crippen molar-refractivity contribution in [3.63, 3.8) is 0 Å². The second-order valence-electron chi connectivity index (χ2n) is 7.03. The number of methoxy groups -OCH3 is 1. The van der Waals surface area contributed by atoms with Crippen molar-refractivity contribution < 1.29 is 9.47 Å². The fourth-order valence-electron chi connectivity index (χ4n) is 4.00. The third-order valence-electron chi connectivity index (χ3n) is 5.32. The Morgan fingerprint density at radius 1 is 1.00 bits per heavy atom. The summed E-state index contributed by atoms with van der Waals surface area (Å²) in [7, 11) is 1.66. The van der Waals surface area contributed by atoms with E-state index in [9.17, 15) is 0 Å². The number of hydrazone groups is 1. The molecular weight excluding hydrogens is 407 g/mol. The standard InChI is InChI=1S/C23H18Cl2N2O2/c1-28-21-10-6-5-9-16(21)23-27-20(13-19(26-27)14-7-3-2-4-8-14)17-11-15(24)12-18(25)22(17)29-23/h2-12,20,23H,13H2,1H3/t20-,23+/m0/s1. The number of hydrogen-bond acceptors (Lipinski definition) is 4. The van der Waals surface area contributed by atoms with E-state index in [-0.39, 0.29) is 6.04 Å². The summed E-state index contributed by atoms with van der Waals surface area (Å²) < 4.78 is 12.0. The maximum absolute atomic E-state index is 6.52. The van der Waals surface area contributed by atoms with Crippen LogP contribution in [0, 0.1) is 0 Å². The van der Waals surface area contributed by atoms with Gasteiger partial charge in [0.25, 0.3) is 0 Å². The van der Waals surface area contributed by atoms with Gasteiger partial charge in [-0.3, -0.25) is 0 Å². The van der Waals surface area contributed by atoms with E-state index < -0.39 is 6.23 Å². The fourth-order valence-corrected chi connectivity index (χ4v) is 4.55. The highest BCUT2D eigenvalue weighted by molar-refractivity contribution is 6.35. The van der Waals surface area contributed by atoms with Gasteiger partial charge in [0.15, 0.2) is 0 Å². The molecule has 5 rings (SSSR count). The molecule has 0 saturated carbocycles. The quantitative estimate of drug-likeness (QED) is 0.498. The molecule has 3 aromatic carbocycles. The Bertz CT molecular complexity index is 1100. The van der Waals surface area contributed by atoms with Crippen LogP contribution in [0.1, 0.15) is 35.4 Å². The summed E-state index contributed by atoms with van der Waals surface area (Å²) in [5, 5.41) is 8.03. The average molecular weight is 425 g/mol. The van der Waals surface area contributed by atoms with E-state index in [0.717, 1.165) is 34.6 Å². The Hall–Kier alpha value is -2.69. The van der Waals surface area contributed by atoms with E-state index in [1.165, 1.54) is 0 Å². The first kappa shape index (κ1) is 18.3. The van der Waals surface area contributed by atoms with Crippen LogP contribution in [0.2, 0.25) is 10.0 Å². The lowest BCUT2D eigenvalue weighted by Gasteiger charge is -2.39. The van der Waals surface area contributed by atoms with Gasteiger partial charge in [-0.25, -0.2) is 5.01 Å². The first-order valence-corrected chi connectivity index (χ1v) is 10.1. The smallest absolute Gasteiger partial charge is 0.217 e. The van der Waals surface area contributed by atoms with E-state index in [1.807, 2.05) is 53.5 Å². The van der Waals surface area contributed by atoms with Crippen LogP contribution in [0.3, 0.4) is 0 Å². The van der Waals surface area contributed by atoms with Gasteiger partial charge in [0.2, 0.25) is 6.23 Å². The first-order chi connectivity index (χ1) is 14.2. The highest BCUT2D eigenvalue weighted by Gasteiger charge is 2.42. The zero-order chi connectivity index (χ0) is 20.0. The summed E-state index contributed by atoms with van der Waals surface area (Å²) in [6.45, 7) is 0. The van der Waals surface area contributed by atoms with Crippen molar-refractivity contribution >= 4 is 28.9 Å². The zero-order valence-electron chi connectivity index (χ0n) is 15.7. The molecule has 2 heterocycles. The number of ether oxygens (including phenoxy) is 2. The first-order valence-electron chi connectivity index (χ1n) is 9.35. The molecule has 4 nitrogen and oxygen atoms in total. The fraction of sp³-hybridized carbons (Fsp3) is 0.174. The summed E-state index contributed by atoms with van der Waals surface area (Å²) in [4.78, 5) is 0. The lowest BCUT2D eigenvalue weighted by atomic mass is 9.95. The van der Waals surface area contributed by atoms with E-state index in [4.69, 9.17) is 37.8 Å². The van der Waals surface area contributed by atoms with Gasteiger partial charge >= 0.3 is 0 Å². The van der Waals surface area contributed by atoms with Gasteiger partial charge in [-0.15, -0.1) is 0 Å². The Labute approximate surface area is 179 Å². The van der Waals surface area contributed by atoms with Crippen LogP contribution in [0.5, 0.6) is 11.5 Å². The molecule has 2 aliphatic rings. The van der Waals surface area contributed by atoms with Crippen LogP contribution in [-0.4, -0.2) is 17.8 Å². The molecule has 0 fully saturated rings. The maximum atomic E-state index is 6.52. The Morgan fingerprint density at radius 2 is 1.76 bits per heavy atom. The van der Waals surface area contributed by atoms with Crippen LogP contribution in [0.25, 0.3) is 0 Å². The molecule has 0 unspecified atom stereocenters. The number of para-hydroxylation sites is 1. The van der Waals surface area contributed by atoms with Crippen LogP contribution in [0.4, 0.5) is 0 Å². The molecule has 146 valence electrons. The highest BCUT2D eigenvalue weighted by atomic mass is 35.5. The van der Waals surface area contributed by atoms with E-state index >= 15 is 0 Å². The molecule has 0 aliphatic carbocycles. The number of fused-ring (bicyclic) bond motifs is 3. The van der Waals surface area contributed by atoms with Gasteiger partial charge in [0.05, 0.1) is 29.4 Å². The molecule has 0 bridgehead atoms. The molecule has 0 radical (unpaired) electrons. The average Bonchev–Trinajstić information content (AvgIpc) is 3.20. The van der Waals surface area contributed by atoms with E-state index in [2.05, 4.69) is 12.1 Å². The van der Waals surface area contributed by atoms with Crippen molar-refractivity contribution in [3.05, 3.63) is 93.5 Å². The van der Waals surface area contributed by atoms with Gasteiger partial charge in [0, 0.05) is 17.0 Å². The molecule has 0 amide bonds. The monoisotopic (exact) mass is 424 g/mol. The van der Waals surface area contributed by atoms with Crippen molar-refractivity contribution in [2.75, 3.05) is 7.11 Å². The zero-order valence-corrected chi connectivity index (χ0v) is 17.2. The Kier molecular flexibility index (Phi) is 4.61. The molecule has 3 aromatic rings. The van der Waals surface area contributed by atoms with Crippen molar-refractivity contribution in [1.29, 1.82) is 0 Å². The molecule has 0 aromatic heterocycles. The predicted molar refractivity (Wildman–Crippen MR) is 115 cm³/mol. The van der Waals surface area contributed by atoms with Gasteiger partial charge in [-0.1, -0.05) is 65.7 Å². The number of hydrogen-bond donors (Lipinski definition) is 0. The molecule has 29 heavy (non-hydrogen) atoms. The lowest BCUT2D eigenvalue weighted by molar-refractivity contribution is -0.0202. The van der Waals surface area contributed by atoms with Crippen LogP contribution in [0.15, 0.2) is 71.8 Å². The summed E-state index contributed by atoms with van der Waals surface area (Å²) >= 11 is 12.8. The van der Waals surface area contributed by atoms with Crippen molar-refractivity contribution in [3.8, 4) is 11.5 Å². The highest BCUT2D eigenvalue weighted by Crippen LogP contribution is 2.51. The number of halogens is 2. The number of benzene rings is 3. The van der Waals surface area contributed by atoms with Crippen LogP contribution >= 0.6 is 23.2 Å². The summed E-state index contributed by atoms with van der Waals surface area (Å²) in [5.41, 5.74) is 3.94. The van der Waals surface area contributed by atoms with Gasteiger partial charge in [-0.2, -0.15) is 5.10 Å². The van der Waals surface area contributed by atoms with Gasteiger partial charge in [0.1, 0.15) is 11.5 Å². The molecule has 2 atom stereocenters. The van der Waals surface area contributed by atoms with Crippen molar-refractivity contribution in [2.24, 2.45) is 5.10 Å². The molecular formula is C23H18Cl2N2O2. The normalized spacial score (nSPS) is 19.8. The Balaban J connectivity index is 1.66. The minimum Gasteiger partial charge on any atom is -0.496 e. The van der Waals surface area contributed by atoms with Gasteiger partial charge in [-0.05, 0) is 29.8 Å². The SMILES string of the molecule is COc1ccccc1[C@H]1Oc2c(Cl)cc(Cl)cc2[C@@H]2CC(c3ccccc3)=NN12. The van der Waals surface area contributed by atoms with Gasteiger partial charge < -0.3 is 9.47 Å². The molecule has 6 heteroatoms. The molecule has 2 aliphatic heterocycles. The lowest BCUT2D eigenvalue weighted by Crippen LogP contribution is -2.34. The molecule has 0 N–H and O–H groups in total. The van der Waals surface area contributed by atoms with Crippen LogP contribution in [-0.2, 0) is 0 Å². The largest absolute Gasteiger partial charge is 0.496 e. The minimum absolute atomic E-state index is 0.0277. The van der Waals surface area contributed by atoms with E-state index in [1.54, 1.807) is 13.2 Å². The number of nitrogens with zero attached hydrogens (tertiary/aromatic N) is 2. The maximum Gasteiger partial charge on any atom is 0.217 e. The summed E-state index contributed by atoms with van der Waals surface area (Å²) in [6, 6.07) is 21.6.